The summed E-state index contributed by atoms with van der Waals surface area (Å²) in [5, 5.41) is 0. The van der Waals surface area contributed by atoms with Crippen LogP contribution in [-0.4, -0.2) is 71.7 Å². The predicted octanol–water partition coefficient (Wildman–Crippen LogP) is -1.33. The molecular weight excluding hydrogens is 264 g/mol. The van der Waals surface area contributed by atoms with Crippen LogP contribution in [0.2, 0.25) is 0 Å². The summed E-state index contributed by atoms with van der Waals surface area (Å²) in [4.78, 5) is 0. The minimum atomic E-state index is -0.298. The molecule has 0 aromatic carbocycles. The summed E-state index contributed by atoms with van der Waals surface area (Å²) in [6.07, 6.45) is 4.02. The Labute approximate surface area is 112 Å². The summed E-state index contributed by atoms with van der Waals surface area (Å²) < 4.78 is 36.0. The van der Waals surface area contributed by atoms with Crippen LogP contribution in [0.3, 0.4) is 0 Å². The normalized spacial score (nSPS) is 87.2. The number of ether oxygens (including phenoxy) is 6. The maximum absolute atomic E-state index is 6.26. The van der Waals surface area contributed by atoms with Crippen molar-refractivity contribution in [1.29, 1.82) is 0 Å². The number of hydrogen-bond donors (Lipinski definition) is 0. The van der Waals surface area contributed by atoms with Crippen LogP contribution in [0.25, 0.3) is 0 Å². The molecule has 12 atom stereocenters. The first kappa shape index (κ1) is 8.82. The fourth-order valence-electron chi connectivity index (χ4n) is 6.03. The monoisotopic (exact) mass is 274 g/mol. The van der Waals surface area contributed by atoms with Gasteiger partial charge in [-0.3, -0.25) is 0 Å². The molecule has 6 saturated heterocycles. The van der Waals surface area contributed by atoms with Crippen molar-refractivity contribution in [3.8, 4) is 0 Å². The molecule has 0 aromatic rings. The summed E-state index contributed by atoms with van der Waals surface area (Å²) in [7, 11) is 0. The quantitative estimate of drug-likeness (QED) is 0.402. The van der Waals surface area contributed by atoms with Crippen LogP contribution >= 0.6 is 0 Å². The molecule has 20 heavy (non-hydrogen) atoms. The Bertz CT molecular complexity index is 706. The summed E-state index contributed by atoms with van der Waals surface area (Å²) in [6.45, 7) is 0. The van der Waals surface area contributed by atoms with E-state index in [9.17, 15) is 0 Å². The number of rotatable bonds is 0. The maximum atomic E-state index is 6.26. The highest BCUT2D eigenvalue weighted by Crippen LogP contribution is 2.81. The second kappa shape index (κ2) is 1.91. The lowest BCUT2D eigenvalue weighted by molar-refractivity contribution is 0.151. The second-order valence-corrected chi connectivity index (χ2v) is 7.66. The third kappa shape index (κ3) is 0.557. The van der Waals surface area contributed by atoms with Crippen LogP contribution in [0, 0.1) is 0 Å². The van der Waals surface area contributed by atoms with Gasteiger partial charge < -0.3 is 28.4 Å². The predicted molar refractivity (Wildman–Crippen MR) is 56.9 cm³/mol. The fraction of sp³-hybridized carbons (Fsp3) is 0.857. The second-order valence-electron chi connectivity index (χ2n) is 7.66. The van der Waals surface area contributed by atoms with Crippen molar-refractivity contribution in [1.82, 2.24) is 0 Å². The summed E-state index contributed by atoms with van der Waals surface area (Å²) >= 11 is 0. The molecule has 12 unspecified atom stereocenters. The summed E-state index contributed by atoms with van der Waals surface area (Å²) in [5.41, 5.74) is 0.415. The largest absolute Gasteiger partial charge is 0.364 e. The van der Waals surface area contributed by atoms with Gasteiger partial charge in [0.15, 0.2) is 16.8 Å². The van der Waals surface area contributed by atoms with Crippen LogP contribution in [0.15, 0.2) is 11.6 Å². The molecule has 6 heteroatoms. The van der Waals surface area contributed by atoms with Gasteiger partial charge in [-0.25, -0.2) is 0 Å². The van der Waals surface area contributed by atoms with Crippen molar-refractivity contribution >= 4 is 0 Å². The Morgan fingerprint density at radius 2 is 1.70 bits per heavy atom. The van der Waals surface area contributed by atoms with Crippen LogP contribution in [-0.2, 0) is 28.4 Å². The molecule has 0 aromatic heterocycles. The maximum Gasteiger partial charge on any atom is 0.162 e. The zero-order valence-corrected chi connectivity index (χ0v) is 10.2. The molecule has 9 aliphatic rings. The molecule has 6 nitrogen and oxygen atoms in total. The van der Waals surface area contributed by atoms with Gasteiger partial charge in [-0.05, 0) is 11.6 Å². The van der Waals surface area contributed by atoms with Gasteiger partial charge in [0.2, 0.25) is 0 Å². The topological polar surface area (TPSA) is 75.2 Å². The highest BCUT2D eigenvalue weighted by atomic mass is 16.8. The van der Waals surface area contributed by atoms with Crippen LogP contribution < -0.4 is 0 Å². The van der Waals surface area contributed by atoms with Crippen molar-refractivity contribution in [2.45, 2.75) is 71.7 Å². The zero-order valence-electron chi connectivity index (χ0n) is 10.2. The fourth-order valence-corrected chi connectivity index (χ4v) is 6.03. The van der Waals surface area contributed by atoms with Crippen molar-refractivity contribution in [3.05, 3.63) is 11.6 Å². The zero-order chi connectivity index (χ0) is 12.2. The minimum absolute atomic E-state index is 0.0790. The summed E-state index contributed by atoms with van der Waals surface area (Å²) in [6, 6.07) is 0. The van der Waals surface area contributed by atoms with Gasteiger partial charge in [-0.1, -0.05) is 0 Å². The Morgan fingerprint density at radius 1 is 0.800 bits per heavy atom. The van der Waals surface area contributed by atoms with Gasteiger partial charge in [-0.15, -0.1) is 0 Å². The van der Waals surface area contributed by atoms with Crippen LogP contribution in [0.4, 0.5) is 0 Å². The van der Waals surface area contributed by atoms with Gasteiger partial charge >= 0.3 is 0 Å². The average Bonchev–Trinajstić information content (AvgIpc) is 3.24. The van der Waals surface area contributed by atoms with E-state index in [1.165, 1.54) is 5.57 Å². The lowest BCUT2D eigenvalue weighted by Gasteiger charge is -2.29. The van der Waals surface area contributed by atoms with E-state index in [0.29, 0.717) is 0 Å². The van der Waals surface area contributed by atoms with E-state index in [1.54, 1.807) is 0 Å². The van der Waals surface area contributed by atoms with Crippen molar-refractivity contribution < 1.29 is 28.4 Å². The van der Waals surface area contributed by atoms with Gasteiger partial charge in [0.25, 0.3) is 0 Å². The number of fused-ring (bicyclic) bond motifs is 7. The lowest BCUT2D eigenvalue weighted by atomic mass is 9.64. The molecule has 6 aliphatic heterocycles. The molecule has 3 spiro atoms. The van der Waals surface area contributed by atoms with Crippen molar-refractivity contribution in [3.63, 3.8) is 0 Å². The Kier molecular flexibility index (Phi) is 0.842. The van der Waals surface area contributed by atoms with E-state index in [2.05, 4.69) is 6.08 Å². The Hall–Kier alpha value is -0.500. The molecular formula is C14H10O6. The highest BCUT2D eigenvalue weighted by Gasteiger charge is 3.02. The first-order valence-corrected chi connectivity index (χ1v) is 7.54. The van der Waals surface area contributed by atoms with Gasteiger partial charge in [0, 0.05) is 0 Å². The molecule has 0 N–H and O–H groups in total. The molecule has 0 amide bonds. The van der Waals surface area contributed by atoms with Gasteiger partial charge in [0.1, 0.15) is 54.9 Å². The third-order valence-electron chi connectivity index (χ3n) is 7.10. The molecule has 3 aliphatic carbocycles. The lowest BCUT2D eigenvalue weighted by Crippen LogP contribution is -2.55. The first-order chi connectivity index (χ1) is 9.81. The van der Waals surface area contributed by atoms with E-state index in [4.69, 9.17) is 28.4 Å². The van der Waals surface area contributed by atoms with Crippen LogP contribution in [0.1, 0.15) is 0 Å². The van der Waals surface area contributed by atoms with Gasteiger partial charge in [0.05, 0.1) is 0 Å². The minimum Gasteiger partial charge on any atom is -0.364 e. The number of hydrogen-bond acceptors (Lipinski definition) is 6. The average molecular weight is 274 g/mol. The molecule has 0 bridgehead atoms. The molecule has 6 heterocycles. The highest BCUT2D eigenvalue weighted by molar-refractivity contribution is 5.60. The smallest absolute Gasteiger partial charge is 0.162 e. The molecule has 0 radical (unpaired) electrons. The van der Waals surface area contributed by atoms with Crippen molar-refractivity contribution in [2.75, 3.05) is 0 Å². The Morgan fingerprint density at radius 3 is 2.70 bits per heavy atom. The SMILES string of the molecule is C1=C2C3OC3C3OC3C23OC3C23OC2C2OC2C2OC123. The van der Waals surface area contributed by atoms with E-state index >= 15 is 0 Å². The van der Waals surface area contributed by atoms with Gasteiger partial charge in [-0.2, -0.15) is 0 Å². The molecule has 2 saturated carbocycles. The molecule has 102 valence electrons. The third-order valence-corrected chi connectivity index (χ3v) is 7.10. The van der Waals surface area contributed by atoms with Crippen LogP contribution in [0.5, 0.6) is 0 Å². The van der Waals surface area contributed by atoms with E-state index in [1.807, 2.05) is 0 Å². The van der Waals surface area contributed by atoms with E-state index < -0.39 is 0 Å². The van der Waals surface area contributed by atoms with Crippen molar-refractivity contribution in [2.24, 2.45) is 0 Å². The van der Waals surface area contributed by atoms with E-state index in [0.717, 1.165) is 0 Å². The number of epoxide rings is 6. The molecule has 9 rings (SSSR count). The molecule has 8 fully saturated rings. The Balaban J connectivity index is 1.36. The first-order valence-electron chi connectivity index (χ1n) is 7.54. The standard InChI is InChI=1S/C14H10O6/c1-2-3-4(15-3)5-9(17-5)13(2)11(20-13)14-10(19-14)7-6(16-7)8-12(1,14)18-8/h1,3-11H. The summed E-state index contributed by atoms with van der Waals surface area (Å²) in [5.74, 6) is 0. The van der Waals surface area contributed by atoms with E-state index in [-0.39, 0.29) is 71.7 Å².